The number of halogens is 2. The number of nitrogens with one attached hydrogen (secondary N) is 1. The maximum Gasteiger partial charge on any atom is 0.129 e. The van der Waals surface area contributed by atoms with Gasteiger partial charge in [-0.05, 0) is 43.3 Å². The number of benzene rings is 2. The second kappa shape index (κ2) is 8.08. The Morgan fingerprint density at radius 3 is 2.46 bits per heavy atom. The van der Waals surface area contributed by atoms with Gasteiger partial charge in [0, 0.05) is 23.7 Å². The van der Waals surface area contributed by atoms with E-state index in [-0.39, 0.29) is 18.2 Å². The van der Waals surface area contributed by atoms with Gasteiger partial charge in [-0.25, -0.2) is 8.78 Å². The third-order valence-corrected chi connectivity index (χ3v) is 3.84. The van der Waals surface area contributed by atoms with Crippen LogP contribution in [0.25, 0.3) is 0 Å². The zero-order chi connectivity index (χ0) is 17.7. The van der Waals surface area contributed by atoms with Gasteiger partial charge in [0.2, 0.25) is 0 Å². The summed E-state index contributed by atoms with van der Waals surface area (Å²) in [5.41, 5.74) is 0.760. The first-order valence-corrected chi connectivity index (χ1v) is 7.54. The first-order chi connectivity index (χ1) is 11.5. The van der Waals surface area contributed by atoms with E-state index in [1.165, 1.54) is 0 Å². The van der Waals surface area contributed by atoms with Crippen LogP contribution in [-0.4, -0.2) is 25.9 Å². The lowest BCUT2D eigenvalue weighted by molar-refractivity contribution is 0.165. The molecule has 2 unspecified atom stereocenters. The summed E-state index contributed by atoms with van der Waals surface area (Å²) in [6.07, 6.45) is -1.17. The highest BCUT2D eigenvalue weighted by molar-refractivity contribution is 5.42. The van der Waals surface area contributed by atoms with Gasteiger partial charge in [-0.3, -0.25) is 0 Å². The monoisotopic (exact) mass is 337 g/mol. The summed E-state index contributed by atoms with van der Waals surface area (Å²) >= 11 is 0. The molecule has 0 aromatic heterocycles. The largest absolute Gasteiger partial charge is 0.497 e. The molecule has 0 radical (unpaired) electrons. The molecule has 130 valence electrons. The molecule has 0 saturated carbocycles. The maximum absolute atomic E-state index is 13.7. The van der Waals surface area contributed by atoms with Crippen molar-refractivity contribution in [2.45, 2.75) is 19.1 Å². The highest BCUT2D eigenvalue weighted by Gasteiger charge is 2.17. The van der Waals surface area contributed by atoms with E-state index >= 15 is 0 Å². The topological polar surface area (TPSA) is 50.7 Å². The molecule has 2 aromatic carbocycles. The van der Waals surface area contributed by atoms with Crippen LogP contribution in [0.15, 0.2) is 36.4 Å². The van der Waals surface area contributed by atoms with E-state index in [2.05, 4.69) is 5.32 Å². The van der Waals surface area contributed by atoms with Crippen molar-refractivity contribution in [3.8, 4) is 11.5 Å². The molecule has 0 amide bonds. The summed E-state index contributed by atoms with van der Waals surface area (Å²) in [7, 11) is 3.13. The van der Waals surface area contributed by atoms with Crippen molar-refractivity contribution >= 4 is 0 Å². The van der Waals surface area contributed by atoms with E-state index in [0.717, 1.165) is 23.8 Å². The van der Waals surface area contributed by atoms with Gasteiger partial charge in [0.15, 0.2) is 0 Å². The van der Waals surface area contributed by atoms with E-state index in [1.54, 1.807) is 26.4 Å². The van der Waals surface area contributed by atoms with Crippen LogP contribution in [0.5, 0.6) is 11.5 Å². The van der Waals surface area contributed by atoms with Crippen molar-refractivity contribution in [1.82, 2.24) is 5.32 Å². The second-order valence-corrected chi connectivity index (χ2v) is 5.42. The lowest BCUT2D eigenvalue weighted by atomic mass is 10.0. The number of ether oxygens (including phenoxy) is 2. The van der Waals surface area contributed by atoms with Crippen LogP contribution in [0.2, 0.25) is 0 Å². The molecule has 6 heteroatoms. The molecule has 2 N–H and O–H groups in total. The predicted molar refractivity (Wildman–Crippen MR) is 87.3 cm³/mol. The molecule has 2 atom stereocenters. The number of hydrogen-bond donors (Lipinski definition) is 2. The lowest BCUT2D eigenvalue weighted by Crippen LogP contribution is -2.25. The number of methoxy groups -OCH3 is 2. The molecule has 0 saturated heterocycles. The van der Waals surface area contributed by atoms with E-state index in [0.29, 0.717) is 11.5 Å². The predicted octanol–water partition coefficient (Wildman–Crippen LogP) is 3.37. The van der Waals surface area contributed by atoms with Gasteiger partial charge in [-0.1, -0.05) is 0 Å². The van der Waals surface area contributed by atoms with Crippen molar-refractivity contribution < 1.29 is 23.4 Å². The molecule has 4 nitrogen and oxygen atoms in total. The Bertz CT molecular complexity index is 694. The molecule has 0 fully saturated rings. The number of aliphatic hydroxyl groups excluding tert-OH is 1. The van der Waals surface area contributed by atoms with E-state index < -0.39 is 17.7 Å². The molecular weight excluding hydrogens is 316 g/mol. The first-order valence-electron chi connectivity index (χ1n) is 7.54. The number of aliphatic hydroxyl groups is 1. The van der Waals surface area contributed by atoms with Crippen molar-refractivity contribution in [3.63, 3.8) is 0 Å². The second-order valence-electron chi connectivity index (χ2n) is 5.42. The van der Waals surface area contributed by atoms with Crippen molar-refractivity contribution in [2.75, 3.05) is 20.8 Å². The average Bonchev–Trinajstić information content (AvgIpc) is 2.60. The van der Waals surface area contributed by atoms with Gasteiger partial charge in [0.05, 0.1) is 20.3 Å². The van der Waals surface area contributed by atoms with Gasteiger partial charge in [0.1, 0.15) is 23.1 Å². The minimum Gasteiger partial charge on any atom is -0.497 e. The van der Waals surface area contributed by atoms with Crippen molar-refractivity contribution in [1.29, 1.82) is 0 Å². The molecular formula is C18H21F2NO3. The van der Waals surface area contributed by atoms with Crippen LogP contribution in [-0.2, 0) is 0 Å². The summed E-state index contributed by atoms with van der Waals surface area (Å²) in [5.74, 6) is 0.115. The summed E-state index contributed by atoms with van der Waals surface area (Å²) in [4.78, 5) is 0. The van der Waals surface area contributed by atoms with Gasteiger partial charge < -0.3 is 19.9 Å². The zero-order valence-electron chi connectivity index (χ0n) is 13.8. The van der Waals surface area contributed by atoms with Crippen LogP contribution in [0.3, 0.4) is 0 Å². The fourth-order valence-electron chi connectivity index (χ4n) is 2.46. The van der Waals surface area contributed by atoms with Crippen LogP contribution in [0.4, 0.5) is 8.78 Å². The third kappa shape index (κ3) is 4.21. The first kappa shape index (κ1) is 18.2. The van der Waals surface area contributed by atoms with E-state index in [9.17, 15) is 13.9 Å². The lowest BCUT2D eigenvalue weighted by Gasteiger charge is -2.20. The average molecular weight is 337 g/mol. The van der Waals surface area contributed by atoms with Crippen LogP contribution in [0, 0.1) is 11.6 Å². The van der Waals surface area contributed by atoms with Gasteiger partial charge >= 0.3 is 0 Å². The maximum atomic E-state index is 13.7. The fourth-order valence-corrected chi connectivity index (χ4v) is 2.46. The summed E-state index contributed by atoms with van der Waals surface area (Å²) in [6, 6.07) is 8.22. The van der Waals surface area contributed by atoms with Gasteiger partial charge in [-0.15, -0.1) is 0 Å². The molecule has 0 aliphatic rings. The molecule has 2 rings (SSSR count). The molecule has 0 aliphatic carbocycles. The number of rotatable bonds is 7. The number of hydrogen-bond acceptors (Lipinski definition) is 4. The Balaban J connectivity index is 2.10. The summed E-state index contributed by atoms with van der Waals surface area (Å²) < 4.78 is 37.4. The van der Waals surface area contributed by atoms with Crippen molar-refractivity contribution in [2.24, 2.45) is 0 Å². The van der Waals surface area contributed by atoms with Gasteiger partial charge in [0.25, 0.3) is 0 Å². The highest BCUT2D eigenvalue weighted by Crippen LogP contribution is 2.29. The smallest absolute Gasteiger partial charge is 0.129 e. The Labute approximate surface area is 140 Å². The molecule has 0 heterocycles. The zero-order valence-corrected chi connectivity index (χ0v) is 13.8. The normalized spacial score (nSPS) is 13.4. The van der Waals surface area contributed by atoms with Gasteiger partial charge in [-0.2, -0.15) is 0 Å². The highest BCUT2D eigenvalue weighted by atomic mass is 19.1. The standard InChI is InChI=1S/C18H21F2NO3/c1-11(14-9-13(23-2)5-7-18(14)24-3)21-10-17(22)15-8-12(19)4-6-16(15)20/h4-9,11,17,21-22H,10H2,1-3H3. The third-order valence-electron chi connectivity index (χ3n) is 3.84. The molecule has 0 aliphatic heterocycles. The molecule has 24 heavy (non-hydrogen) atoms. The minimum absolute atomic E-state index is 0.0574. The SMILES string of the molecule is COc1ccc(OC)c(C(C)NCC(O)c2cc(F)ccc2F)c1. The molecule has 2 aromatic rings. The Morgan fingerprint density at radius 1 is 1.04 bits per heavy atom. The summed E-state index contributed by atoms with van der Waals surface area (Å²) in [6.45, 7) is 1.94. The quantitative estimate of drug-likeness (QED) is 0.813. The minimum atomic E-state index is -1.17. The Hall–Kier alpha value is -2.18. The van der Waals surface area contributed by atoms with E-state index in [4.69, 9.17) is 9.47 Å². The Kier molecular flexibility index (Phi) is 6.11. The van der Waals surface area contributed by atoms with E-state index in [1.807, 2.05) is 13.0 Å². The fraction of sp³-hybridized carbons (Fsp3) is 0.333. The Morgan fingerprint density at radius 2 is 1.79 bits per heavy atom. The summed E-state index contributed by atoms with van der Waals surface area (Å²) in [5, 5.41) is 13.2. The molecule has 0 spiro atoms. The van der Waals surface area contributed by atoms with Crippen LogP contribution < -0.4 is 14.8 Å². The van der Waals surface area contributed by atoms with Crippen LogP contribution >= 0.6 is 0 Å². The van der Waals surface area contributed by atoms with Crippen LogP contribution in [0.1, 0.15) is 30.2 Å². The van der Waals surface area contributed by atoms with Crippen molar-refractivity contribution in [3.05, 3.63) is 59.2 Å². The molecule has 0 bridgehead atoms.